The minimum atomic E-state index is -3.59. The van der Waals surface area contributed by atoms with Crippen LogP contribution in [-0.4, -0.2) is 31.7 Å². The van der Waals surface area contributed by atoms with Gasteiger partial charge in [-0.05, 0) is 73.3 Å². The topological polar surface area (TPSA) is 90.3 Å². The van der Waals surface area contributed by atoms with Crippen molar-refractivity contribution >= 4 is 32.3 Å². The number of benzene rings is 1. The highest BCUT2D eigenvalue weighted by atomic mass is 32.2. The Morgan fingerprint density at radius 2 is 1.78 bits per heavy atom. The number of nitrogens with zero attached hydrogens (tertiary/aromatic N) is 2. The number of nitrogens with one attached hydrogen (secondary N) is 1. The SMILES string of the molecule is CC1CCc2c(sc(NC(=O)c3ccc(S(=O)(=O)N4CC(C)CC(C)C4)cc3)c2C#N)C1. The van der Waals surface area contributed by atoms with Crippen LogP contribution in [0.3, 0.4) is 0 Å². The maximum atomic E-state index is 13.1. The maximum absolute atomic E-state index is 13.1. The number of sulfonamides is 1. The average molecular weight is 472 g/mol. The highest BCUT2D eigenvalue weighted by molar-refractivity contribution is 7.89. The number of anilines is 1. The minimum absolute atomic E-state index is 0.202. The third-order valence-electron chi connectivity index (χ3n) is 6.44. The molecule has 2 heterocycles. The van der Waals surface area contributed by atoms with Crippen LogP contribution in [0.2, 0.25) is 0 Å². The molecule has 1 amide bonds. The summed E-state index contributed by atoms with van der Waals surface area (Å²) in [5.41, 5.74) is 2.00. The molecule has 1 aliphatic carbocycles. The average Bonchev–Trinajstić information content (AvgIpc) is 3.08. The van der Waals surface area contributed by atoms with Gasteiger partial charge in [0.2, 0.25) is 10.0 Å². The van der Waals surface area contributed by atoms with Crippen LogP contribution in [0.1, 0.15) is 60.0 Å². The van der Waals surface area contributed by atoms with Gasteiger partial charge in [0.15, 0.2) is 0 Å². The van der Waals surface area contributed by atoms with Crippen LogP contribution in [0.25, 0.3) is 0 Å². The predicted molar refractivity (Wildman–Crippen MR) is 126 cm³/mol. The van der Waals surface area contributed by atoms with E-state index in [4.69, 9.17) is 0 Å². The van der Waals surface area contributed by atoms with Crippen molar-refractivity contribution < 1.29 is 13.2 Å². The van der Waals surface area contributed by atoms with Gasteiger partial charge in [-0.1, -0.05) is 20.8 Å². The normalized spacial score (nSPS) is 23.9. The summed E-state index contributed by atoms with van der Waals surface area (Å²) in [4.78, 5) is 14.2. The molecule has 32 heavy (non-hydrogen) atoms. The van der Waals surface area contributed by atoms with Gasteiger partial charge < -0.3 is 5.32 Å². The van der Waals surface area contributed by atoms with Gasteiger partial charge in [0, 0.05) is 23.5 Å². The van der Waals surface area contributed by atoms with E-state index in [1.54, 1.807) is 16.4 Å². The summed E-state index contributed by atoms with van der Waals surface area (Å²) in [6.07, 6.45) is 3.88. The molecule has 8 heteroatoms. The summed E-state index contributed by atoms with van der Waals surface area (Å²) in [6, 6.07) is 8.34. The molecule has 3 atom stereocenters. The van der Waals surface area contributed by atoms with Gasteiger partial charge in [-0.25, -0.2) is 8.42 Å². The van der Waals surface area contributed by atoms with Crippen molar-refractivity contribution in [3.63, 3.8) is 0 Å². The molecule has 0 saturated carbocycles. The number of thiophene rings is 1. The van der Waals surface area contributed by atoms with E-state index in [0.29, 0.717) is 47.0 Å². The first-order chi connectivity index (χ1) is 15.2. The van der Waals surface area contributed by atoms with Crippen molar-refractivity contribution in [3.8, 4) is 6.07 Å². The third-order valence-corrected chi connectivity index (χ3v) is 9.46. The molecule has 1 fully saturated rings. The summed E-state index contributed by atoms with van der Waals surface area (Å²) >= 11 is 1.48. The van der Waals surface area contributed by atoms with E-state index in [9.17, 15) is 18.5 Å². The number of piperidine rings is 1. The Labute approximate surface area is 194 Å². The van der Waals surface area contributed by atoms with Gasteiger partial charge in [0.1, 0.15) is 11.1 Å². The Morgan fingerprint density at radius 3 is 2.41 bits per heavy atom. The van der Waals surface area contributed by atoms with Crippen LogP contribution < -0.4 is 5.32 Å². The van der Waals surface area contributed by atoms with Gasteiger partial charge in [0.25, 0.3) is 5.91 Å². The summed E-state index contributed by atoms with van der Waals surface area (Å²) in [5.74, 6) is 0.897. The van der Waals surface area contributed by atoms with Gasteiger partial charge in [-0.3, -0.25) is 4.79 Å². The lowest BCUT2D eigenvalue weighted by Gasteiger charge is -2.34. The number of rotatable bonds is 4. The van der Waals surface area contributed by atoms with E-state index in [0.717, 1.165) is 31.2 Å². The number of fused-ring (bicyclic) bond motifs is 1. The van der Waals surface area contributed by atoms with Crippen molar-refractivity contribution in [2.45, 2.75) is 51.3 Å². The minimum Gasteiger partial charge on any atom is -0.312 e. The first-order valence-electron chi connectivity index (χ1n) is 11.1. The Balaban J connectivity index is 1.51. The number of nitriles is 1. The lowest BCUT2D eigenvalue weighted by atomic mass is 9.88. The molecule has 1 saturated heterocycles. The maximum Gasteiger partial charge on any atom is 0.256 e. The molecule has 1 aromatic carbocycles. The zero-order valence-electron chi connectivity index (χ0n) is 18.7. The Morgan fingerprint density at radius 1 is 1.12 bits per heavy atom. The second-order valence-electron chi connectivity index (χ2n) is 9.41. The molecule has 2 aliphatic rings. The molecule has 6 nitrogen and oxygen atoms in total. The zero-order valence-corrected chi connectivity index (χ0v) is 20.4. The Hall–Kier alpha value is -2.21. The van der Waals surface area contributed by atoms with Crippen LogP contribution in [-0.2, 0) is 22.9 Å². The Kier molecular flexibility index (Phi) is 6.44. The number of hydrogen-bond acceptors (Lipinski definition) is 5. The van der Waals surface area contributed by atoms with Crippen LogP contribution in [0.15, 0.2) is 29.2 Å². The second-order valence-corrected chi connectivity index (χ2v) is 12.5. The molecule has 0 spiro atoms. The van der Waals surface area contributed by atoms with Crippen molar-refractivity contribution in [1.82, 2.24) is 4.31 Å². The van der Waals surface area contributed by atoms with Gasteiger partial charge in [0.05, 0.1) is 10.5 Å². The highest BCUT2D eigenvalue weighted by Crippen LogP contribution is 2.39. The fourth-order valence-corrected chi connectivity index (χ4v) is 7.90. The molecule has 3 unspecified atom stereocenters. The van der Waals surface area contributed by atoms with E-state index >= 15 is 0 Å². The van der Waals surface area contributed by atoms with E-state index in [2.05, 4.69) is 32.2 Å². The second kappa shape index (κ2) is 8.97. The molecule has 1 aromatic heterocycles. The predicted octanol–water partition coefficient (Wildman–Crippen LogP) is 4.66. The van der Waals surface area contributed by atoms with Gasteiger partial charge in [-0.2, -0.15) is 9.57 Å². The number of amides is 1. The zero-order chi connectivity index (χ0) is 23.0. The van der Waals surface area contributed by atoms with Crippen molar-refractivity contribution in [1.29, 1.82) is 5.26 Å². The summed E-state index contributed by atoms with van der Waals surface area (Å²) < 4.78 is 27.7. The molecule has 0 radical (unpaired) electrons. The molecule has 0 bridgehead atoms. The molecule has 170 valence electrons. The number of hydrogen-bond donors (Lipinski definition) is 1. The van der Waals surface area contributed by atoms with Crippen molar-refractivity contribution in [3.05, 3.63) is 45.8 Å². The molecule has 1 N–H and O–H groups in total. The fraction of sp³-hybridized carbons (Fsp3) is 0.500. The van der Waals surface area contributed by atoms with Crippen molar-refractivity contribution in [2.75, 3.05) is 18.4 Å². The lowest BCUT2D eigenvalue weighted by molar-refractivity contribution is 0.102. The lowest BCUT2D eigenvalue weighted by Crippen LogP contribution is -2.42. The number of carbonyl (C=O) groups is 1. The fourth-order valence-electron chi connectivity index (χ4n) is 4.86. The largest absolute Gasteiger partial charge is 0.312 e. The molecule has 2 aromatic rings. The van der Waals surface area contributed by atoms with Gasteiger partial charge >= 0.3 is 0 Å². The summed E-state index contributed by atoms with van der Waals surface area (Å²) in [6.45, 7) is 7.39. The smallest absolute Gasteiger partial charge is 0.256 e. The van der Waals surface area contributed by atoms with Crippen LogP contribution in [0, 0.1) is 29.1 Å². The first-order valence-corrected chi connectivity index (χ1v) is 13.4. The highest BCUT2D eigenvalue weighted by Gasteiger charge is 2.32. The Bertz CT molecular complexity index is 1150. The standard InChI is InChI=1S/C24H29N3O3S2/c1-15-4-9-20-21(12-25)24(31-22(20)11-15)26-23(28)18-5-7-19(8-6-18)32(29,30)27-13-16(2)10-17(3)14-27/h5-8,15-17H,4,9-11,13-14H2,1-3H3,(H,26,28). The van der Waals surface area contributed by atoms with Gasteiger partial charge in [-0.15, -0.1) is 11.3 Å². The summed E-state index contributed by atoms with van der Waals surface area (Å²) in [5, 5.41) is 13.1. The molecular weight excluding hydrogens is 442 g/mol. The monoisotopic (exact) mass is 471 g/mol. The molecule has 1 aliphatic heterocycles. The first kappa shape index (κ1) is 23.0. The van der Waals surface area contributed by atoms with E-state index in [1.165, 1.54) is 28.3 Å². The third kappa shape index (κ3) is 4.47. The quantitative estimate of drug-likeness (QED) is 0.702. The van der Waals surface area contributed by atoms with Crippen LogP contribution in [0.5, 0.6) is 0 Å². The summed E-state index contributed by atoms with van der Waals surface area (Å²) in [7, 11) is -3.59. The van der Waals surface area contributed by atoms with E-state index in [-0.39, 0.29) is 10.8 Å². The molecular formula is C24H29N3O3S2. The van der Waals surface area contributed by atoms with E-state index < -0.39 is 10.0 Å². The van der Waals surface area contributed by atoms with E-state index in [1.807, 2.05) is 0 Å². The van der Waals surface area contributed by atoms with Crippen LogP contribution >= 0.6 is 11.3 Å². The van der Waals surface area contributed by atoms with Crippen LogP contribution in [0.4, 0.5) is 5.00 Å². The van der Waals surface area contributed by atoms with Crippen molar-refractivity contribution in [2.24, 2.45) is 17.8 Å². The number of carbonyl (C=O) groups excluding carboxylic acids is 1. The molecule has 4 rings (SSSR count).